The molecule has 0 radical (unpaired) electrons. The molecular weight excluding hydrogens is 236 g/mol. The number of hydrogen-bond donors (Lipinski definition) is 2. The normalized spacial score (nSPS) is 11.0. The summed E-state index contributed by atoms with van der Waals surface area (Å²) in [6, 6.07) is 6.84. The highest BCUT2D eigenvalue weighted by molar-refractivity contribution is 7.89. The summed E-state index contributed by atoms with van der Waals surface area (Å²) < 4.78 is 25.8. The second kappa shape index (κ2) is 5.84. The predicted molar refractivity (Wildman–Crippen MR) is 70.6 cm³/mol. The van der Waals surface area contributed by atoms with Gasteiger partial charge in [0.1, 0.15) is 4.90 Å². The largest absolute Gasteiger partial charge is 0.380 e. The minimum atomic E-state index is -3.41. The van der Waals surface area contributed by atoms with Crippen molar-refractivity contribution in [2.75, 3.05) is 18.9 Å². The lowest BCUT2D eigenvalue weighted by atomic mass is 10.3. The van der Waals surface area contributed by atoms with Crippen LogP contribution in [-0.2, 0) is 10.0 Å². The summed E-state index contributed by atoms with van der Waals surface area (Å²) in [6.07, 6.45) is 2.00. The fraction of sp³-hybridized carbons (Fsp3) is 0.333. The van der Waals surface area contributed by atoms with Gasteiger partial charge in [0.05, 0.1) is 5.69 Å². The molecule has 0 saturated carbocycles. The molecule has 0 spiro atoms. The van der Waals surface area contributed by atoms with Gasteiger partial charge in [0.15, 0.2) is 0 Å². The van der Waals surface area contributed by atoms with E-state index in [9.17, 15) is 8.42 Å². The van der Waals surface area contributed by atoms with Gasteiger partial charge in [0.2, 0.25) is 10.0 Å². The molecule has 1 aromatic carbocycles. The van der Waals surface area contributed by atoms with Gasteiger partial charge in [-0.3, -0.25) is 0 Å². The maximum Gasteiger partial charge on any atom is 0.242 e. The Kier molecular flexibility index (Phi) is 4.72. The first kappa shape index (κ1) is 13.7. The van der Waals surface area contributed by atoms with Gasteiger partial charge in [-0.25, -0.2) is 13.1 Å². The summed E-state index contributed by atoms with van der Waals surface area (Å²) in [5.74, 6) is 0. The van der Waals surface area contributed by atoms with Crippen molar-refractivity contribution in [2.24, 2.45) is 0 Å². The molecule has 0 bridgehead atoms. The van der Waals surface area contributed by atoms with Crippen LogP contribution in [0.1, 0.15) is 13.8 Å². The molecule has 0 aliphatic heterocycles. The zero-order valence-corrected chi connectivity index (χ0v) is 11.1. The van der Waals surface area contributed by atoms with E-state index in [2.05, 4.69) is 10.0 Å². The van der Waals surface area contributed by atoms with Gasteiger partial charge < -0.3 is 5.32 Å². The van der Waals surface area contributed by atoms with Crippen molar-refractivity contribution in [1.29, 1.82) is 0 Å². The minimum Gasteiger partial charge on any atom is -0.380 e. The molecule has 0 atom stereocenters. The summed E-state index contributed by atoms with van der Waals surface area (Å²) in [5, 5.41) is 3.09. The lowest BCUT2D eigenvalue weighted by Gasteiger charge is -2.10. The molecule has 1 rings (SSSR count). The molecule has 0 unspecified atom stereocenters. The Labute approximate surface area is 103 Å². The first-order valence-electron chi connectivity index (χ1n) is 5.37. The average molecular weight is 254 g/mol. The molecule has 0 heterocycles. The summed E-state index contributed by atoms with van der Waals surface area (Å²) in [6.45, 7) is 4.61. The number of hydrogen-bond acceptors (Lipinski definition) is 3. The topological polar surface area (TPSA) is 58.2 Å². The SMILES string of the molecule is CNS(=O)(=O)c1ccccc1NCC=C(C)C. The molecule has 0 fully saturated rings. The van der Waals surface area contributed by atoms with E-state index in [-0.39, 0.29) is 4.90 Å². The minimum absolute atomic E-state index is 0.268. The molecule has 0 saturated heterocycles. The number of allylic oxidation sites excluding steroid dienone is 1. The second-order valence-corrected chi connectivity index (χ2v) is 5.72. The van der Waals surface area contributed by atoms with E-state index in [1.54, 1.807) is 24.3 Å². The van der Waals surface area contributed by atoms with Crippen LogP contribution in [0.3, 0.4) is 0 Å². The average Bonchev–Trinajstić information content (AvgIpc) is 2.29. The van der Waals surface area contributed by atoms with E-state index in [0.29, 0.717) is 12.2 Å². The number of rotatable bonds is 5. The third-order valence-corrected chi connectivity index (χ3v) is 3.72. The molecular formula is C12H18N2O2S. The molecule has 0 aliphatic rings. The standard InChI is InChI=1S/C12H18N2O2S/c1-10(2)8-9-14-11-6-4-5-7-12(11)17(15,16)13-3/h4-8,13-14H,9H2,1-3H3. The van der Waals surface area contributed by atoms with Crippen LogP contribution in [0, 0.1) is 0 Å². The van der Waals surface area contributed by atoms with Crippen LogP contribution >= 0.6 is 0 Å². The van der Waals surface area contributed by atoms with Gasteiger partial charge in [-0.1, -0.05) is 23.8 Å². The van der Waals surface area contributed by atoms with E-state index >= 15 is 0 Å². The highest BCUT2D eigenvalue weighted by atomic mass is 32.2. The van der Waals surface area contributed by atoms with Gasteiger partial charge >= 0.3 is 0 Å². The number of nitrogens with one attached hydrogen (secondary N) is 2. The molecule has 0 aliphatic carbocycles. The van der Waals surface area contributed by atoms with Crippen LogP contribution < -0.4 is 10.0 Å². The van der Waals surface area contributed by atoms with E-state index < -0.39 is 10.0 Å². The van der Waals surface area contributed by atoms with Crippen LogP contribution in [0.15, 0.2) is 40.8 Å². The van der Waals surface area contributed by atoms with Gasteiger partial charge in [0.25, 0.3) is 0 Å². The van der Waals surface area contributed by atoms with E-state index in [1.165, 1.54) is 12.6 Å². The van der Waals surface area contributed by atoms with Gasteiger partial charge in [0, 0.05) is 6.54 Å². The number of sulfonamides is 1. The molecule has 0 amide bonds. The van der Waals surface area contributed by atoms with E-state index in [0.717, 1.165) is 0 Å². The van der Waals surface area contributed by atoms with Crippen molar-refractivity contribution in [2.45, 2.75) is 18.7 Å². The fourth-order valence-corrected chi connectivity index (χ4v) is 2.23. The van der Waals surface area contributed by atoms with Crippen LogP contribution in [0.4, 0.5) is 5.69 Å². The van der Waals surface area contributed by atoms with Gasteiger partial charge in [-0.2, -0.15) is 0 Å². The molecule has 94 valence electrons. The highest BCUT2D eigenvalue weighted by Crippen LogP contribution is 2.19. The fourth-order valence-electron chi connectivity index (χ4n) is 1.32. The zero-order chi connectivity index (χ0) is 12.9. The molecule has 5 heteroatoms. The van der Waals surface area contributed by atoms with E-state index in [1.807, 2.05) is 19.9 Å². The second-order valence-electron chi connectivity index (χ2n) is 3.87. The van der Waals surface area contributed by atoms with Crippen LogP contribution in [-0.4, -0.2) is 22.0 Å². The van der Waals surface area contributed by atoms with Gasteiger partial charge in [-0.15, -0.1) is 0 Å². The summed E-state index contributed by atoms with van der Waals surface area (Å²) in [7, 11) is -2.01. The smallest absolute Gasteiger partial charge is 0.242 e. The lowest BCUT2D eigenvalue weighted by molar-refractivity contribution is 0.588. The predicted octanol–water partition coefficient (Wildman–Crippen LogP) is 1.97. The monoisotopic (exact) mass is 254 g/mol. The Morgan fingerprint density at radius 1 is 1.29 bits per heavy atom. The van der Waals surface area contributed by atoms with Crippen molar-refractivity contribution in [3.63, 3.8) is 0 Å². The van der Waals surface area contributed by atoms with Crippen LogP contribution in [0.25, 0.3) is 0 Å². The highest BCUT2D eigenvalue weighted by Gasteiger charge is 2.15. The third-order valence-electron chi connectivity index (χ3n) is 2.25. The van der Waals surface area contributed by atoms with Crippen molar-refractivity contribution >= 4 is 15.7 Å². The van der Waals surface area contributed by atoms with Crippen molar-refractivity contribution < 1.29 is 8.42 Å². The van der Waals surface area contributed by atoms with Crippen molar-refractivity contribution in [3.05, 3.63) is 35.9 Å². The molecule has 0 aromatic heterocycles. The summed E-state index contributed by atoms with van der Waals surface area (Å²) in [4.78, 5) is 0.268. The maximum atomic E-state index is 11.8. The number of benzene rings is 1. The Bertz CT molecular complexity index is 503. The summed E-state index contributed by atoms with van der Waals surface area (Å²) in [5.41, 5.74) is 1.80. The molecule has 17 heavy (non-hydrogen) atoms. The maximum absolute atomic E-state index is 11.8. The quantitative estimate of drug-likeness (QED) is 0.790. The number of anilines is 1. The Balaban J connectivity index is 2.97. The Morgan fingerprint density at radius 2 is 1.94 bits per heavy atom. The lowest BCUT2D eigenvalue weighted by Crippen LogP contribution is -2.20. The van der Waals surface area contributed by atoms with Crippen molar-refractivity contribution in [3.8, 4) is 0 Å². The number of para-hydroxylation sites is 1. The summed E-state index contributed by atoms with van der Waals surface area (Å²) >= 11 is 0. The van der Waals surface area contributed by atoms with Crippen LogP contribution in [0.2, 0.25) is 0 Å². The van der Waals surface area contributed by atoms with Crippen molar-refractivity contribution in [1.82, 2.24) is 4.72 Å². The Hall–Kier alpha value is -1.33. The molecule has 2 N–H and O–H groups in total. The Morgan fingerprint density at radius 3 is 2.53 bits per heavy atom. The third kappa shape index (κ3) is 3.87. The van der Waals surface area contributed by atoms with Crippen LogP contribution in [0.5, 0.6) is 0 Å². The molecule has 4 nitrogen and oxygen atoms in total. The van der Waals surface area contributed by atoms with E-state index in [4.69, 9.17) is 0 Å². The van der Waals surface area contributed by atoms with Gasteiger partial charge in [-0.05, 0) is 33.0 Å². The zero-order valence-electron chi connectivity index (χ0n) is 10.3. The molecule has 1 aromatic rings. The first-order valence-corrected chi connectivity index (χ1v) is 6.85. The first-order chi connectivity index (χ1) is 7.97.